The van der Waals surface area contributed by atoms with Gasteiger partial charge in [-0.05, 0) is 45.0 Å². The van der Waals surface area contributed by atoms with Crippen LogP contribution in [0.2, 0.25) is 0 Å². The maximum atomic E-state index is 12.3. The topological polar surface area (TPSA) is 133 Å². The highest BCUT2D eigenvalue weighted by Crippen LogP contribution is 2.25. The molecule has 3 amide bonds. The Bertz CT molecular complexity index is 1070. The third-order valence-corrected chi connectivity index (χ3v) is 4.34. The Balaban J connectivity index is 2.00. The highest BCUT2D eigenvalue weighted by molar-refractivity contribution is 7.13. The number of allylic oxidation sites excluding steroid dienone is 1. The van der Waals surface area contributed by atoms with Gasteiger partial charge in [-0.1, -0.05) is 13.2 Å². The predicted octanol–water partition coefficient (Wildman–Crippen LogP) is 3.55. The molecule has 10 heteroatoms. The van der Waals surface area contributed by atoms with Gasteiger partial charge in [-0.3, -0.25) is 14.9 Å². The molecule has 160 valence electrons. The largest absolute Gasteiger partial charge is 0.444 e. The van der Waals surface area contributed by atoms with E-state index in [0.717, 1.165) is 5.56 Å². The summed E-state index contributed by atoms with van der Waals surface area (Å²) in [5, 5.41) is 17.9. The molecule has 2 aromatic rings. The fourth-order valence-corrected chi connectivity index (χ4v) is 2.93. The van der Waals surface area contributed by atoms with Gasteiger partial charge in [0.2, 0.25) is 0 Å². The summed E-state index contributed by atoms with van der Waals surface area (Å²) in [5.41, 5.74) is 0.380. The number of thiazole rings is 1. The lowest BCUT2D eigenvalue weighted by molar-refractivity contribution is -0.117. The quantitative estimate of drug-likeness (QED) is 0.466. The normalized spacial score (nSPS) is 10.4. The summed E-state index contributed by atoms with van der Waals surface area (Å²) in [5.74, 6) is -1.36. The number of benzene rings is 1. The summed E-state index contributed by atoms with van der Waals surface area (Å²) in [4.78, 5) is 40.2. The second-order valence-corrected chi connectivity index (χ2v) is 8.08. The number of amides is 3. The lowest BCUT2D eigenvalue weighted by Crippen LogP contribution is -2.33. The number of anilines is 1. The van der Waals surface area contributed by atoms with E-state index >= 15 is 0 Å². The maximum absolute atomic E-state index is 12.3. The molecule has 0 saturated heterocycles. The molecule has 0 radical (unpaired) electrons. The summed E-state index contributed by atoms with van der Waals surface area (Å²) in [6, 6.07) is 8.52. The minimum Gasteiger partial charge on any atom is -0.444 e. The second kappa shape index (κ2) is 9.69. The smallest absolute Gasteiger partial charge is 0.412 e. The van der Waals surface area contributed by atoms with Crippen LogP contribution in [0.3, 0.4) is 0 Å². The van der Waals surface area contributed by atoms with E-state index in [-0.39, 0.29) is 17.1 Å². The Morgan fingerprint density at radius 1 is 1.13 bits per heavy atom. The average molecular weight is 439 g/mol. The number of nitrogens with one attached hydrogen (secondary N) is 3. The monoisotopic (exact) mass is 439 g/mol. The molecule has 3 N–H and O–H groups in total. The van der Waals surface area contributed by atoms with Crippen molar-refractivity contribution >= 4 is 34.9 Å². The van der Waals surface area contributed by atoms with Gasteiger partial charge in [0.25, 0.3) is 11.8 Å². The van der Waals surface area contributed by atoms with Crippen molar-refractivity contribution in [2.45, 2.75) is 26.4 Å². The molecule has 0 unspecified atom stereocenters. The molecular weight excluding hydrogens is 418 g/mol. The van der Waals surface area contributed by atoms with Crippen molar-refractivity contribution in [3.05, 3.63) is 59.9 Å². The zero-order valence-corrected chi connectivity index (χ0v) is 18.1. The molecule has 0 atom stereocenters. The van der Waals surface area contributed by atoms with Gasteiger partial charge in [-0.15, -0.1) is 11.3 Å². The van der Waals surface area contributed by atoms with E-state index in [4.69, 9.17) is 10.00 Å². The molecule has 0 aliphatic heterocycles. The first kappa shape index (κ1) is 23.3. The number of carbonyl (C=O) groups excluding carboxylic acids is 3. The van der Waals surface area contributed by atoms with Gasteiger partial charge < -0.3 is 15.4 Å². The molecule has 9 nitrogen and oxygen atoms in total. The SMILES string of the molecule is C=C(C#N)NC(=O)C(=C)NC(=O)c1csc(-c2ccc(NC(=O)OC(C)(C)C)cc2)n1. The zero-order chi connectivity index (χ0) is 23.2. The van der Waals surface area contributed by atoms with E-state index in [1.165, 1.54) is 16.7 Å². The van der Waals surface area contributed by atoms with Crippen molar-refractivity contribution in [2.75, 3.05) is 5.32 Å². The van der Waals surface area contributed by atoms with E-state index in [1.807, 2.05) is 0 Å². The minimum atomic E-state index is -0.747. The first-order valence-electron chi connectivity index (χ1n) is 8.95. The highest BCUT2D eigenvalue weighted by atomic mass is 32.1. The summed E-state index contributed by atoms with van der Waals surface area (Å²) in [7, 11) is 0. The van der Waals surface area contributed by atoms with E-state index in [0.29, 0.717) is 10.7 Å². The first-order valence-corrected chi connectivity index (χ1v) is 9.83. The van der Waals surface area contributed by atoms with E-state index in [1.54, 1.807) is 51.1 Å². The van der Waals surface area contributed by atoms with Crippen molar-refractivity contribution in [3.63, 3.8) is 0 Å². The number of nitriles is 1. The summed E-state index contributed by atoms with van der Waals surface area (Å²) >= 11 is 1.24. The summed E-state index contributed by atoms with van der Waals surface area (Å²) in [6.07, 6.45) is -0.559. The van der Waals surface area contributed by atoms with Crippen molar-refractivity contribution in [1.29, 1.82) is 5.26 Å². The lowest BCUT2D eigenvalue weighted by Gasteiger charge is -2.19. The predicted molar refractivity (Wildman–Crippen MR) is 117 cm³/mol. The van der Waals surface area contributed by atoms with Crippen LogP contribution in [0.5, 0.6) is 0 Å². The van der Waals surface area contributed by atoms with Crippen LogP contribution < -0.4 is 16.0 Å². The van der Waals surface area contributed by atoms with Crippen molar-refractivity contribution in [1.82, 2.24) is 15.6 Å². The van der Waals surface area contributed by atoms with Crippen molar-refractivity contribution in [2.24, 2.45) is 0 Å². The van der Waals surface area contributed by atoms with E-state index in [9.17, 15) is 14.4 Å². The summed E-state index contributed by atoms with van der Waals surface area (Å²) < 4.78 is 5.20. The van der Waals surface area contributed by atoms with Gasteiger partial charge in [-0.25, -0.2) is 9.78 Å². The Hall–Kier alpha value is -3.97. The van der Waals surface area contributed by atoms with Crippen LogP contribution >= 0.6 is 11.3 Å². The fourth-order valence-electron chi connectivity index (χ4n) is 2.13. The molecule has 0 bridgehead atoms. The van der Waals surface area contributed by atoms with Gasteiger partial charge in [-0.2, -0.15) is 5.26 Å². The van der Waals surface area contributed by atoms with Crippen molar-refractivity contribution < 1.29 is 19.1 Å². The fraction of sp³-hybridized carbons (Fsp3) is 0.190. The zero-order valence-electron chi connectivity index (χ0n) is 17.2. The van der Waals surface area contributed by atoms with E-state index in [2.05, 4.69) is 34.1 Å². The van der Waals surface area contributed by atoms with Gasteiger partial charge in [0, 0.05) is 16.6 Å². The molecule has 31 heavy (non-hydrogen) atoms. The Labute approximate surface area is 183 Å². The lowest BCUT2D eigenvalue weighted by atomic mass is 10.2. The number of ether oxygens (including phenoxy) is 1. The first-order chi connectivity index (χ1) is 14.5. The summed E-state index contributed by atoms with van der Waals surface area (Å²) in [6.45, 7) is 12.1. The number of carbonyl (C=O) groups is 3. The standard InChI is InChI=1S/C21H21N5O4S/c1-12(10-22)23-17(27)13(2)24-18(28)16-11-31-19(26-16)14-6-8-15(9-7-14)25-20(29)30-21(3,4)5/h6-9,11H,1-2H2,3-5H3,(H,23,27)(H,24,28)(H,25,29). The minimum absolute atomic E-state index is 0.101. The maximum Gasteiger partial charge on any atom is 0.412 e. The molecule has 0 aliphatic carbocycles. The molecule has 2 rings (SSSR count). The number of hydrogen-bond donors (Lipinski definition) is 3. The number of rotatable bonds is 6. The number of nitrogens with zero attached hydrogens (tertiary/aromatic N) is 2. The van der Waals surface area contributed by atoms with Crippen LogP contribution in [0.4, 0.5) is 10.5 Å². The third-order valence-electron chi connectivity index (χ3n) is 3.45. The molecular formula is C21H21N5O4S. The molecule has 0 saturated carbocycles. The molecule has 0 spiro atoms. The van der Waals surface area contributed by atoms with Crippen LogP contribution in [-0.4, -0.2) is 28.5 Å². The Morgan fingerprint density at radius 2 is 1.77 bits per heavy atom. The van der Waals surface area contributed by atoms with Crippen molar-refractivity contribution in [3.8, 4) is 16.6 Å². The van der Waals surface area contributed by atoms with Gasteiger partial charge in [0.1, 0.15) is 28.1 Å². The third kappa shape index (κ3) is 7.09. The van der Waals surface area contributed by atoms with Crippen LogP contribution in [-0.2, 0) is 9.53 Å². The van der Waals surface area contributed by atoms with Gasteiger partial charge >= 0.3 is 6.09 Å². The molecule has 1 aromatic carbocycles. The molecule has 1 heterocycles. The molecule has 0 aliphatic rings. The van der Waals surface area contributed by atoms with Crippen LogP contribution in [0.15, 0.2) is 54.2 Å². The van der Waals surface area contributed by atoms with Crippen LogP contribution in [0.1, 0.15) is 31.3 Å². The highest BCUT2D eigenvalue weighted by Gasteiger charge is 2.17. The van der Waals surface area contributed by atoms with Gasteiger partial charge in [0.15, 0.2) is 0 Å². The number of hydrogen-bond acceptors (Lipinski definition) is 7. The van der Waals surface area contributed by atoms with Gasteiger partial charge in [0.05, 0.1) is 5.70 Å². The number of aromatic nitrogens is 1. The second-order valence-electron chi connectivity index (χ2n) is 7.22. The van der Waals surface area contributed by atoms with Crippen LogP contribution in [0, 0.1) is 11.3 Å². The Kier molecular flexibility index (Phi) is 7.28. The van der Waals surface area contributed by atoms with Crippen LogP contribution in [0.25, 0.3) is 10.6 Å². The average Bonchev–Trinajstić information content (AvgIpc) is 3.17. The van der Waals surface area contributed by atoms with E-state index < -0.39 is 23.5 Å². The Morgan fingerprint density at radius 3 is 2.35 bits per heavy atom. The molecule has 0 fully saturated rings. The molecule has 1 aromatic heterocycles.